The number of unbranched alkanes of at least 4 members (excludes halogenated alkanes) is 3. The molecule has 0 aromatic carbocycles. The van der Waals surface area contributed by atoms with Crippen molar-refractivity contribution in [2.75, 3.05) is 13.2 Å². The van der Waals surface area contributed by atoms with E-state index in [9.17, 15) is 19.3 Å². The van der Waals surface area contributed by atoms with Gasteiger partial charge in [0.25, 0.3) is 0 Å². The lowest BCUT2D eigenvalue weighted by Gasteiger charge is -2.18. The molecule has 10 heteroatoms. The molecule has 0 rings (SSSR count). The van der Waals surface area contributed by atoms with Crippen molar-refractivity contribution in [3.8, 4) is 0 Å². The van der Waals surface area contributed by atoms with Gasteiger partial charge in [-0.2, -0.15) is 0 Å². The molecule has 9 nitrogen and oxygen atoms in total. The zero-order chi connectivity index (χ0) is 40.5. The number of hydrogen-bond donors (Lipinski definition) is 3. The molecule has 0 aromatic rings. The Hall–Kier alpha value is -3.59. The van der Waals surface area contributed by atoms with Gasteiger partial charge < -0.3 is 24.4 Å². The SMILES string of the molecule is CC/C=C\C/C=C\C/C=C\C/C=C\C=C\C(O)CCCC(=O)OC[C@H](COP(=O)(O)O)OC(=O)CC/C=C\C/C=C\C/C=C\C/C=C\C/C=C\CCCCC. The number of phosphoric acid groups is 1. The van der Waals surface area contributed by atoms with Crippen molar-refractivity contribution >= 4 is 19.8 Å². The van der Waals surface area contributed by atoms with Gasteiger partial charge in [0.2, 0.25) is 0 Å². The predicted octanol–water partition coefficient (Wildman–Crippen LogP) is 11.1. The zero-order valence-corrected chi connectivity index (χ0v) is 34.3. The molecule has 55 heavy (non-hydrogen) atoms. The van der Waals surface area contributed by atoms with E-state index in [1.807, 2.05) is 30.4 Å². The fraction of sp³-hybridized carbons (Fsp3) is 0.511. The molecular formula is C45H69O9P. The summed E-state index contributed by atoms with van der Waals surface area (Å²) < 4.78 is 26.1. The van der Waals surface area contributed by atoms with Gasteiger partial charge in [0.15, 0.2) is 6.10 Å². The number of aliphatic hydroxyl groups excluding tert-OH is 1. The van der Waals surface area contributed by atoms with Crippen molar-refractivity contribution in [1.82, 2.24) is 0 Å². The molecule has 0 saturated heterocycles. The van der Waals surface area contributed by atoms with Crippen LogP contribution in [0.3, 0.4) is 0 Å². The number of hydrogen-bond acceptors (Lipinski definition) is 7. The van der Waals surface area contributed by atoms with Gasteiger partial charge in [0, 0.05) is 12.8 Å². The Kier molecular flexibility index (Phi) is 36.2. The Morgan fingerprint density at radius 2 is 1.09 bits per heavy atom. The summed E-state index contributed by atoms with van der Waals surface area (Å²) in [5.74, 6) is -1.20. The first-order valence-corrected chi connectivity index (χ1v) is 21.5. The fourth-order valence-corrected chi connectivity index (χ4v) is 4.98. The maximum Gasteiger partial charge on any atom is 0.469 e. The van der Waals surface area contributed by atoms with E-state index in [0.717, 1.165) is 51.4 Å². The second kappa shape index (κ2) is 38.7. The maximum atomic E-state index is 12.4. The van der Waals surface area contributed by atoms with E-state index < -0.39 is 45.2 Å². The van der Waals surface area contributed by atoms with E-state index in [-0.39, 0.29) is 12.8 Å². The molecule has 0 spiro atoms. The first kappa shape index (κ1) is 51.4. The third-order valence-electron chi connectivity index (χ3n) is 7.58. The second-order valence-corrected chi connectivity index (χ2v) is 14.0. The van der Waals surface area contributed by atoms with Crippen LogP contribution >= 0.6 is 7.82 Å². The van der Waals surface area contributed by atoms with Crippen molar-refractivity contribution in [3.63, 3.8) is 0 Å². The summed E-state index contributed by atoms with van der Waals surface area (Å²) in [5.41, 5.74) is 0. The molecule has 0 radical (unpaired) electrons. The fourth-order valence-electron chi connectivity index (χ4n) is 4.62. The van der Waals surface area contributed by atoms with Crippen LogP contribution in [0.25, 0.3) is 0 Å². The van der Waals surface area contributed by atoms with Gasteiger partial charge in [-0.15, -0.1) is 0 Å². The van der Waals surface area contributed by atoms with E-state index in [4.69, 9.17) is 19.3 Å². The largest absolute Gasteiger partial charge is 0.469 e. The highest BCUT2D eigenvalue weighted by atomic mass is 31.2. The van der Waals surface area contributed by atoms with E-state index in [1.54, 1.807) is 12.2 Å². The molecule has 0 fully saturated rings. The molecule has 0 bridgehead atoms. The van der Waals surface area contributed by atoms with Crippen LogP contribution in [-0.2, 0) is 28.2 Å². The first-order chi connectivity index (χ1) is 26.7. The van der Waals surface area contributed by atoms with Crippen LogP contribution in [0, 0.1) is 0 Å². The highest BCUT2D eigenvalue weighted by Gasteiger charge is 2.22. The van der Waals surface area contributed by atoms with Crippen LogP contribution < -0.4 is 0 Å². The topological polar surface area (TPSA) is 140 Å². The van der Waals surface area contributed by atoms with Gasteiger partial charge in [-0.1, -0.05) is 148 Å². The molecule has 0 aromatic heterocycles. The number of allylic oxidation sites excluding steroid dienone is 19. The summed E-state index contributed by atoms with van der Waals surface area (Å²) in [7, 11) is -4.83. The van der Waals surface area contributed by atoms with Crippen LogP contribution in [-0.4, -0.2) is 52.3 Å². The Balaban J connectivity index is 4.30. The lowest BCUT2D eigenvalue weighted by Crippen LogP contribution is -2.29. The highest BCUT2D eigenvalue weighted by Crippen LogP contribution is 2.35. The number of phosphoric ester groups is 1. The lowest BCUT2D eigenvalue weighted by atomic mass is 10.1. The molecular weight excluding hydrogens is 715 g/mol. The van der Waals surface area contributed by atoms with Gasteiger partial charge in [0.1, 0.15) is 6.61 Å². The number of ether oxygens (including phenoxy) is 2. The van der Waals surface area contributed by atoms with Crippen molar-refractivity contribution in [2.24, 2.45) is 0 Å². The Morgan fingerprint density at radius 3 is 1.62 bits per heavy atom. The summed E-state index contributed by atoms with van der Waals surface area (Å²) in [6.45, 7) is 3.28. The Morgan fingerprint density at radius 1 is 0.582 bits per heavy atom. The number of carbonyl (C=O) groups is 2. The predicted molar refractivity (Wildman–Crippen MR) is 226 cm³/mol. The van der Waals surface area contributed by atoms with Gasteiger partial charge in [0.05, 0.1) is 12.7 Å². The number of aliphatic hydroxyl groups is 1. The lowest BCUT2D eigenvalue weighted by molar-refractivity contribution is -0.161. The molecule has 0 aliphatic carbocycles. The van der Waals surface area contributed by atoms with Crippen LogP contribution in [0.15, 0.2) is 122 Å². The average molecular weight is 785 g/mol. The van der Waals surface area contributed by atoms with E-state index in [1.165, 1.54) is 25.7 Å². The minimum Gasteiger partial charge on any atom is -0.462 e. The number of carbonyl (C=O) groups excluding carboxylic acids is 2. The summed E-state index contributed by atoms with van der Waals surface area (Å²) in [4.78, 5) is 42.8. The third kappa shape index (κ3) is 41.4. The van der Waals surface area contributed by atoms with Crippen LogP contribution in [0.2, 0.25) is 0 Å². The van der Waals surface area contributed by atoms with Gasteiger partial charge >= 0.3 is 19.8 Å². The van der Waals surface area contributed by atoms with Crippen molar-refractivity contribution in [1.29, 1.82) is 0 Å². The van der Waals surface area contributed by atoms with E-state index in [0.29, 0.717) is 19.3 Å². The molecule has 0 amide bonds. The number of esters is 2. The van der Waals surface area contributed by atoms with E-state index >= 15 is 0 Å². The molecule has 2 atom stereocenters. The van der Waals surface area contributed by atoms with Gasteiger partial charge in [-0.05, 0) is 83.5 Å². The molecule has 0 saturated carbocycles. The second-order valence-electron chi connectivity index (χ2n) is 12.7. The van der Waals surface area contributed by atoms with Gasteiger partial charge in [-0.3, -0.25) is 14.1 Å². The minimum atomic E-state index is -4.83. The highest BCUT2D eigenvalue weighted by molar-refractivity contribution is 7.46. The molecule has 308 valence electrons. The summed E-state index contributed by atoms with van der Waals surface area (Å²) >= 11 is 0. The Labute approximate surface area is 331 Å². The maximum absolute atomic E-state index is 12.4. The van der Waals surface area contributed by atoms with Crippen molar-refractivity contribution in [3.05, 3.63) is 122 Å². The summed E-state index contributed by atoms with van der Waals surface area (Å²) in [6.07, 6.45) is 52.5. The standard InChI is InChI=1S/C45H69O9P/c1-3-5-7-9-11-13-15-17-18-19-20-21-22-24-26-28-30-32-34-38-45(48)54-43(41-53-55(49,50)51)40-52-44(47)39-35-37-42(46)36-33-31-29-27-25-23-16-14-12-10-8-6-4-2/h6,8,11-14,17-18,20-21,23-26,29-33,36,42-43,46H,3-5,7,9-10,15-16,19,22,27-28,34-35,37-41H2,1-2H3,(H2,49,50,51)/b8-6-,13-11-,14-12-,18-17-,21-20-,25-23-,26-24-,31-29-,32-30-,36-33+/t42?,43-/m1/s1. The molecule has 0 heterocycles. The Bertz CT molecular complexity index is 1310. The first-order valence-electron chi connectivity index (χ1n) is 19.9. The summed E-state index contributed by atoms with van der Waals surface area (Å²) in [5, 5.41) is 10.2. The number of rotatable bonds is 34. The van der Waals surface area contributed by atoms with Crippen LogP contribution in [0.1, 0.15) is 123 Å². The van der Waals surface area contributed by atoms with Crippen molar-refractivity contribution < 1.29 is 43.0 Å². The average Bonchev–Trinajstić information content (AvgIpc) is 3.15. The molecule has 0 aliphatic rings. The third-order valence-corrected chi connectivity index (χ3v) is 8.07. The monoisotopic (exact) mass is 784 g/mol. The quantitative estimate of drug-likeness (QED) is 0.0191. The van der Waals surface area contributed by atoms with Crippen molar-refractivity contribution in [2.45, 2.75) is 135 Å². The molecule has 0 aliphatic heterocycles. The molecule has 3 N–H and O–H groups in total. The van der Waals surface area contributed by atoms with Crippen LogP contribution in [0.5, 0.6) is 0 Å². The van der Waals surface area contributed by atoms with Gasteiger partial charge in [-0.25, -0.2) is 4.57 Å². The molecule has 1 unspecified atom stereocenters. The zero-order valence-electron chi connectivity index (χ0n) is 33.4. The van der Waals surface area contributed by atoms with Crippen LogP contribution in [0.4, 0.5) is 0 Å². The summed E-state index contributed by atoms with van der Waals surface area (Å²) in [6, 6.07) is 0. The smallest absolute Gasteiger partial charge is 0.462 e. The minimum absolute atomic E-state index is 0.0130. The normalized spacial score (nSPS) is 14.3. The van der Waals surface area contributed by atoms with E-state index in [2.05, 4.69) is 97.4 Å².